The van der Waals surface area contributed by atoms with Crippen molar-refractivity contribution in [2.24, 2.45) is 10.2 Å². The van der Waals surface area contributed by atoms with Crippen LogP contribution in [0.5, 0.6) is 0 Å². The van der Waals surface area contributed by atoms with Gasteiger partial charge in [-0.3, -0.25) is 9.59 Å². The molecule has 0 bridgehead atoms. The van der Waals surface area contributed by atoms with Crippen molar-refractivity contribution in [2.75, 3.05) is 5.32 Å². The molecule has 1 aromatic carbocycles. The second-order valence-corrected chi connectivity index (χ2v) is 4.60. The fourth-order valence-corrected chi connectivity index (χ4v) is 1.58. The van der Waals surface area contributed by atoms with E-state index in [1.54, 1.807) is 24.3 Å². The number of anilines is 1. The van der Waals surface area contributed by atoms with Gasteiger partial charge in [0.1, 0.15) is 0 Å². The quantitative estimate of drug-likeness (QED) is 0.810. The van der Waals surface area contributed by atoms with Crippen LogP contribution in [-0.4, -0.2) is 17.4 Å². The standard InChI is InChI=1S/C13H15N3O2/c1-9(17)10-4-3-5-11(8-10)14-12(18)6-7-13(2)15-16-13/h3-5,8H,6-7H2,1-2H3,(H,14,18). The van der Waals surface area contributed by atoms with Crippen LogP contribution < -0.4 is 5.32 Å². The van der Waals surface area contributed by atoms with E-state index >= 15 is 0 Å². The molecule has 0 saturated heterocycles. The number of nitrogens with one attached hydrogen (secondary N) is 1. The molecule has 1 aromatic rings. The Hall–Kier alpha value is -2.04. The van der Waals surface area contributed by atoms with Crippen LogP contribution in [0.15, 0.2) is 34.5 Å². The van der Waals surface area contributed by atoms with E-state index < -0.39 is 0 Å². The first-order valence-corrected chi connectivity index (χ1v) is 5.83. The highest BCUT2D eigenvalue weighted by molar-refractivity contribution is 5.97. The van der Waals surface area contributed by atoms with Crippen molar-refractivity contribution in [2.45, 2.75) is 32.4 Å². The minimum Gasteiger partial charge on any atom is -0.326 e. The lowest BCUT2D eigenvalue weighted by atomic mass is 10.1. The Morgan fingerprint density at radius 3 is 2.67 bits per heavy atom. The second-order valence-electron chi connectivity index (χ2n) is 4.60. The molecule has 0 radical (unpaired) electrons. The highest BCUT2D eigenvalue weighted by atomic mass is 16.1. The van der Waals surface area contributed by atoms with E-state index in [4.69, 9.17) is 0 Å². The average molecular weight is 245 g/mol. The topological polar surface area (TPSA) is 70.9 Å². The molecule has 1 N–H and O–H groups in total. The van der Waals surface area contributed by atoms with Gasteiger partial charge in [0.15, 0.2) is 11.4 Å². The highest BCUT2D eigenvalue weighted by Gasteiger charge is 2.33. The van der Waals surface area contributed by atoms with Crippen molar-refractivity contribution in [3.05, 3.63) is 29.8 Å². The fourth-order valence-electron chi connectivity index (χ4n) is 1.58. The number of hydrogen-bond donors (Lipinski definition) is 1. The number of Topliss-reactive ketones (excluding diaryl/α,β-unsaturated/α-hetero) is 1. The predicted molar refractivity (Wildman–Crippen MR) is 67.6 cm³/mol. The van der Waals surface area contributed by atoms with Crippen LogP contribution >= 0.6 is 0 Å². The van der Waals surface area contributed by atoms with E-state index in [0.717, 1.165) is 0 Å². The van der Waals surface area contributed by atoms with Crippen LogP contribution in [0.2, 0.25) is 0 Å². The van der Waals surface area contributed by atoms with Gasteiger partial charge in [-0.25, -0.2) is 0 Å². The number of nitrogens with zero attached hydrogens (tertiary/aromatic N) is 2. The first-order chi connectivity index (χ1) is 8.48. The molecule has 1 amide bonds. The molecule has 0 aromatic heterocycles. The first kappa shape index (κ1) is 12.4. The van der Waals surface area contributed by atoms with E-state index in [9.17, 15) is 9.59 Å². The van der Waals surface area contributed by atoms with Gasteiger partial charge in [-0.05, 0) is 26.0 Å². The van der Waals surface area contributed by atoms with Gasteiger partial charge < -0.3 is 5.32 Å². The third kappa shape index (κ3) is 3.23. The summed E-state index contributed by atoms with van der Waals surface area (Å²) in [5.74, 6) is -0.108. The lowest BCUT2D eigenvalue weighted by Gasteiger charge is -2.07. The summed E-state index contributed by atoms with van der Waals surface area (Å²) in [7, 11) is 0. The number of carbonyl (C=O) groups excluding carboxylic acids is 2. The zero-order valence-electron chi connectivity index (χ0n) is 10.4. The number of ketones is 1. The zero-order chi connectivity index (χ0) is 13.2. The lowest BCUT2D eigenvalue weighted by Crippen LogP contribution is -2.15. The summed E-state index contributed by atoms with van der Waals surface area (Å²) in [4.78, 5) is 22.9. The van der Waals surface area contributed by atoms with E-state index in [-0.39, 0.29) is 17.4 Å². The minimum absolute atomic E-state index is 0.0193. The summed E-state index contributed by atoms with van der Waals surface area (Å²) < 4.78 is 0. The highest BCUT2D eigenvalue weighted by Crippen LogP contribution is 2.31. The molecule has 0 fully saturated rings. The third-order valence-corrected chi connectivity index (χ3v) is 2.82. The van der Waals surface area contributed by atoms with Crippen LogP contribution in [-0.2, 0) is 4.79 Å². The zero-order valence-corrected chi connectivity index (χ0v) is 10.4. The van der Waals surface area contributed by atoms with Crippen molar-refractivity contribution in [3.63, 3.8) is 0 Å². The molecule has 0 unspecified atom stereocenters. The van der Waals surface area contributed by atoms with Crippen LogP contribution in [0, 0.1) is 0 Å². The number of carbonyl (C=O) groups is 2. The first-order valence-electron chi connectivity index (χ1n) is 5.83. The molecule has 0 atom stereocenters. The molecule has 5 nitrogen and oxygen atoms in total. The number of benzene rings is 1. The SMILES string of the molecule is CC(=O)c1cccc(NC(=O)CCC2(C)N=N2)c1. The van der Waals surface area contributed by atoms with Crippen molar-refractivity contribution in [1.29, 1.82) is 0 Å². The van der Waals surface area contributed by atoms with Gasteiger partial charge >= 0.3 is 0 Å². The summed E-state index contributed by atoms with van der Waals surface area (Å²) in [6, 6.07) is 6.91. The maximum atomic E-state index is 11.7. The van der Waals surface area contributed by atoms with E-state index in [1.165, 1.54) is 6.92 Å². The third-order valence-electron chi connectivity index (χ3n) is 2.82. The summed E-state index contributed by atoms with van der Waals surface area (Å²) >= 11 is 0. The maximum Gasteiger partial charge on any atom is 0.224 e. The average Bonchev–Trinajstić information content (AvgIpc) is 3.06. The van der Waals surface area contributed by atoms with E-state index in [0.29, 0.717) is 24.1 Å². The van der Waals surface area contributed by atoms with Crippen LogP contribution in [0.25, 0.3) is 0 Å². The van der Waals surface area contributed by atoms with Gasteiger partial charge in [0.2, 0.25) is 5.91 Å². The van der Waals surface area contributed by atoms with Crippen molar-refractivity contribution in [1.82, 2.24) is 0 Å². The molecule has 0 spiro atoms. The van der Waals surface area contributed by atoms with Crippen LogP contribution in [0.1, 0.15) is 37.0 Å². The lowest BCUT2D eigenvalue weighted by molar-refractivity contribution is -0.116. The van der Waals surface area contributed by atoms with Crippen LogP contribution in [0.3, 0.4) is 0 Å². The number of amides is 1. The molecule has 1 heterocycles. The fraction of sp³-hybridized carbons (Fsp3) is 0.385. The Bertz CT molecular complexity index is 517. The molecular formula is C13H15N3O2. The minimum atomic E-state index is -0.349. The van der Waals surface area contributed by atoms with Gasteiger partial charge in [0.05, 0.1) is 0 Å². The van der Waals surface area contributed by atoms with Gasteiger partial charge in [-0.1, -0.05) is 12.1 Å². The Morgan fingerprint density at radius 1 is 1.33 bits per heavy atom. The van der Waals surface area contributed by atoms with Crippen molar-refractivity contribution >= 4 is 17.4 Å². The Balaban J connectivity index is 1.90. The second kappa shape index (κ2) is 4.68. The molecule has 0 aliphatic carbocycles. The number of hydrogen-bond acceptors (Lipinski definition) is 4. The van der Waals surface area contributed by atoms with Crippen molar-refractivity contribution in [3.8, 4) is 0 Å². The monoisotopic (exact) mass is 245 g/mol. The Kier molecular flexibility index (Phi) is 3.23. The molecule has 1 aliphatic rings. The Labute approximate surface area is 105 Å². The summed E-state index contributed by atoms with van der Waals surface area (Å²) in [6.45, 7) is 3.38. The van der Waals surface area contributed by atoms with Gasteiger partial charge in [0, 0.05) is 24.1 Å². The van der Waals surface area contributed by atoms with Crippen LogP contribution in [0.4, 0.5) is 5.69 Å². The largest absolute Gasteiger partial charge is 0.326 e. The van der Waals surface area contributed by atoms with E-state index in [1.807, 2.05) is 6.92 Å². The summed E-state index contributed by atoms with van der Waals surface area (Å²) in [5.41, 5.74) is 0.882. The summed E-state index contributed by atoms with van der Waals surface area (Å²) in [5, 5.41) is 10.5. The molecule has 94 valence electrons. The maximum absolute atomic E-state index is 11.7. The van der Waals surface area contributed by atoms with Crippen molar-refractivity contribution < 1.29 is 9.59 Å². The Morgan fingerprint density at radius 2 is 2.06 bits per heavy atom. The molecular weight excluding hydrogens is 230 g/mol. The molecule has 2 rings (SSSR count). The smallest absolute Gasteiger partial charge is 0.224 e. The van der Waals surface area contributed by atoms with E-state index in [2.05, 4.69) is 15.5 Å². The van der Waals surface area contributed by atoms with Gasteiger partial charge in [-0.15, -0.1) is 0 Å². The van der Waals surface area contributed by atoms with Gasteiger partial charge in [0.25, 0.3) is 0 Å². The summed E-state index contributed by atoms with van der Waals surface area (Å²) in [6.07, 6.45) is 0.985. The predicted octanol–water partition coefficient (Wildman–Crippen LogP) is 2.79. The molecule has 1 aliphatic heterocycles. The molecule has 5 heteroatoms. The van der Waals surface area contributed by atoms with Gasteiger partial charge in [-0.2, -0.15) is 10.2 Å². The normalized spacial score (nSPS) is 15.2. The number of rotatable bonds is 5. The molecule has 0 saturated carbocycles. The molecule has 18 heavy (non-hydrogen) atoms.